The summed E-state index contributed by atoms with van der Waals surface area (Å²) < 4.78 is 0. The first-order valence-corrected chi connectivity index (χ1v) is 6.88. The monoisotopic (exact) mass is 311 g/mol. The summed E-state index contributed by atoms with van der Waals surface area (Å²) in [7, 11) is 0. The van der Waals surface area contributed by atoms with Gasteiger partial charge in [0.05, 0.1) is 11.2 Å². The van der Waals surface area contributed by atoms with Crippen LogP contribution in [0.15, 0.2) is 29.6 Å². The van der Waals surface area contributed by atoms with Crippen LogP contribution >= 0.6 is 23.7 Å². The molecule has 2 aromatic rings. The van der Waals surface area contributed by atoms with Crippen LogP contribution in [0.1, 0.15) is 19.4 Å². The zero-order valence-corrected chi connectivity index (χ0v) is 13.3. The standard InChI is InChI=1S/C14H17N3OS.ClH/c1-9-6-4-5-7-10(9)11-8-19-13(16-11)17-12(18)14(2,3)15;/h4-8H,15H2,1-3H3,(H,16,17,18);1H. The maximum Gasteiger partial charge on any atom is 0.245 e. The van der Waals surface area contributed by atoms with Crippen LogP contribution in [0.2, 0.25) is 0 Å². The molecule has 2 rings (SSSR count). The quantitative estimate of drug-likeness (QED) is 0.914. The van der Waals surface area contributed by atoms with Crippen molar-refractivity contribution >= 4 is 34.8 Å². The molecule has 0 bridgehead atoms. The zero-order valence-electron chi connectivity index (χ0n) is 11.6. The summed E-state index contributed by atoms with van der Waals surface area (Å²) in [4.78, 5) is 16.2. The van der Waals surface area contributed by atoms with Gasteiger partial charge in [-0.25, -0.2) is 4.98 Å². The largest absolute Gasteiger partial charge is 0.318 e. The van der Waals surface area contributed by atoms with Gasteiger partial charge in [-0.15, -0.1) is 23.7 Å². The first-order valence-electron chi connectivity index (χ1n) is 6.00. The number of carbonyl (C=O) groups excluding carboxylic acids is 1. The lowest BCUT2D eigenvalue weighted by Gasteiger charge is -2.16. The number of thiazole rings is 1. The van der Waals surface area contributed by atoms with E-state index in [1.807, 2.05) is 36.6 Å². The SMILES string of the molecule is Cc1ccccc1-c1csc(NC(=O)C(C)(C)N)n1.Cl. The Morgan fingerprint density at radius 1 is 1.35 bits per heavy atom. The normalized spacial score (nSPS) is 10.8. The molecular formula is C14H18ClN3OS. The van der Waals surface area contributed by atoms with E-state index in [-0.39, 0.29) is 18.3 Å². The van der Waals surface area contributed by atoms with E-state index in [1.165, 1.54) is 11.3 Å². The Balaban J connectivity index is 0.00000200. The number of hydrogen-bond donors (Lipinski definition) is 2. The van der Waals surface area contributed by atoms with Crippen LogP contribution in [0.3, 0.4) is 0 Å². The highest BCUT2D eigenvalue weighted by Crippen LogP contribution is 2.27. The van der Waals surface area contributed by atoms with Crippen molar-refractivity contribution in [3.8, 4) is 11.3 Å². The number of carbonyl (C=O) groups is 1. The van der Waals surface area contributed by atoms with Gasteiger partial charge in [-0.1, -0.05) is 24.3 Å². The minimum absolute atomic E-state index is 0. The molecule has 108 valence electrons. The van der Waals surface area contributed by atoms with E-state index in [1.54, 1.807) is 13.8 Å². The maximum absolute atomic E-state index is 11.8. The number of nitrogens with zero attached hydrogens (tertiary/aromatic N) is 1. The smallest absolute Gasteiger partial charge is 0.245 e. The summed E-state index contributed by atoms with van der Waals surface area (Å²) in [5.74, 6) is -0.238. The third-order valence-electron chi connectivity index (χ3n) is 2.73. The molecule has 1 heterocycles. The second-order valence-electron chi connectivity index (χ2n) is 5.03. The minimum atomic E-state index is -0.908. The van der Waals surface area contributed by atoms with Crippen LogP contribution in [0.4, 0.5) is 5.13 Å². The number of nitrogens with one attached hydrogen (secondary N) is 1. The fraction of sp³-hybridized carbons (Fsp3) is 0.286. The number of benzene rings is 1. The van der Waals surface area contributed by atoms with Crippen LogP contribution in [-0.4, -0.2) is 16.4 Å². The van der Waals surface area contributed by atoms with Crippen LogP contribution in [0.25, 0.3) is 11.3 Å². The summed E-state index contributed by atoms with van der Waals surface area (Å²) in [6.07, 6.45) is 0. The molecule has 1 aromatic heterocycles. The van der Waals surface area contributed by atoms with Crippen molar-refractivity contribution in [3.05, 3.63) is 35.2 Å². The lowest BCUT2D eigenvalue weighted by atomic mass is 10.1. The van der Waals surface area contributed by atoms with E-state index in [2.05, 4.69) is 10.3 Å². The number of hydrogen-bond acceptors (Lipinski definition) is 4. The van der Waals surface area contributed by atoms with Crippen LogP contribution in [0, 0.1) is 6.92 Å². The first-order chi connectivity index (χ1) is 8.88. The molecule has 1 aromatic carbocycles. The van der Waals surface area contributed by atoms with Gasteiger partial charge in [-0.3, -0.25) is 4.79 Å². The molecule has 0 saturated carbocycles. The highest BCUT2D eigenvalue weighted by molar-refractivity contribution is 7.14. The summed E-state index contributed by atoms with van der Waals surface area (Å²) in [5, 5.41) is 5.24. The van der Waals surface area contributed by atoms with Crippen molar-refractivity contribution in [2.45, 2.75) is 26.3 Å². The van der Waals surface area contributed by atoms with Gasteiger partial charge in [0.1, 0.15) is 0 Å². The van der Waals surface area contributed by atoms with Crippen molar-refractivity contribution in [2.24, 2.45) is 5.73 Å². The molecule has 0 atom stereocenters. The lowest BCUT2D eigenvalue weighted by molar-refractivity contribution is -0.120. The van der Waals surface area contributed by atoms with Gasteiger partial charge in [-0.05, 0) is 26.3 Å². The van der Waals surface area contributed by atoms with Gasteiger partial charge < -0.3 is 11.1 Å². The topological polar surface area (TPSA) is 68.0 Å². The van der Waals surface area contributed by atoms with Gasteiger partial charge in [0.25, 0.3) is 0 Å². The molecule has 1 amide bonds. The fourth-order valence-corrected chi connectivity index (χ4v) is 2.28. The molecular weight excluding hydrogens is 294 g/mol. The third-order valence-corrected chi connectivity index (χ3v) is 3.49. The predicted molar refractivity (Wildman–Crippen MR) is 86.4 cm³/mol. The van der Waals surface area contributed by atoms with E-state index in [4.69, 9.17) is 5.73 Å². The highest BCUT2D eigenvalue weighted by atomic mass is 35.5. The number of nitrogens with two attached hydrogens (primary N) is 1. The van der Waals surface area contributed by atoms with E-state index in [9.17, 15) is 4.79 Å². The summed E-state index contributed by atoms with van der Waals surface area (Å²) >= 11 is 1.40. The lowest BCUT2D eigenvalue weighted by Crippen LogP contribution is -2.45. The number of amides is 1. The van der Waals surface area contributed by atoms with Crippen molar-refractivity contribution in [1.82, 2.24) is 4.98 Å². The molecule has 0 aliphatic carbocycles. The molecule has 0 spiro atoms. The summed E-state index contributed by atoms with van der Waals surface area (Å²) in [5.41, 5.74) is 7.93. The Labute approximate surface area is 128 Å². The summed E-state index contributed by atoms with van der Waals surface area (Å²) in [6, 6.07) is 8.02. The molecule has 0 fully saturated rings. The number of anilines is 1. The van der Waals surface area contributed by atoms with E-state index < -0.39 is 5.54 Å². The average Bonchev–Trinajstić information content (AvgIpc) is 2.76. The third kappa shape index (κ3) is 3.79. The van der Waals surface area contributed by atoms with Gasteiger partial charge in [0.2, 0.25) is 5.91 Å². The molecule has 0 aliphatic heterocycles. The number of halogens is 1. The van der Waals surface area contributed by atoms with Crippen LogP contribution < -0.4 is 11.1 Å². The molecule has 3 N–H and O–H groups in total. The van der Waals surface area contributed by atoms with Gasteiger partial charge in [0, 0.05) is 10.9 Å². The van der Waals surface area contributed by atoms with Gasteiger partial charge in [-0.2, -0.15) is 0 Å². The molecule has 4 nitrogen and oxygen atoms in total. The Morgan fingerprint density at radius 2 is 2.00 bits per heavy atom. The molecule has 0 unspecified atom stereocenters. The van der Waals surface area contributed by atoms with Crippen LogP contribution in [-0.2, 0) is 4.79 Å². The van der Waals surface area contributed by atoms with Crippen molar-refractivity contribution in [1.29, 1.82) is 0 Å². The Hall–Kier alpha value is -1.43. The van der Waals surface area contributed by atoms with E-state index in [0.29, 0.717) is 5.13 Å². The average molecular weight is 312 g/mol. The molecule has 0 radical (unpaired) electrons. The molecule has 6 heteroatoms. The maximum atomic E-state index is 11.8. The Morgan fingerprint density at radius 3 is 2.60 bits per heavy atom. The second kappa shape index (κ2) is 6.35. The van der Waals surface area contributed by atoms with E-state index in [0.717, 1.165) is 16.8 Å². The number of rotatable bonds is 3. The fourth-order valence-electron chi connectivity index (χ4n) is 1.57. The van der Waals surface area contributed by atoms with Gasteiger partial charge in [0.15, 0.2) is 5.13 Å². The molecule has 0 aliphatic rings. The zero-order chi connectivity index (χ0) is 14.0. The Bertz CT molecular complexity index is 604. The van der Waals surface area contributed by atoms with E-state index >= 15 is 0 Å². The minimum Gasteiger partial charge on any atom is -0.318 e. The Kier molecular flexibility index (Phi) is 5.28. The first kappa shape index (κ1) is 16.6. The molecule has 0 saturated heterocycles. The highest BCUT2D eigenvalue weighted by Gasteiger charge is 2.22. The van der Waals surface area contributed by atoms with Crippen LogP contribution in [0.5, 0.6) is 0 Å². The number of aromatic nitrogens is 1. The number of aryl methyl sites for hydroxylation is 1. The van der Waals surface area contributed by atoms with Gasteiger partial charge >= 0.3 is 0 Å². The molecule has 20 heavy (non-hydrogen) atoms. The second-order valence-corrected chi connectivity index (χ2v) is 5.89. The van der Waals surface area contributed by atoms with Crippen molar-refractivity contribution < 1.29 is 4.79 Å². The summed E-state index contributed by atoms with van der Waals surface area (Å²) in [6.45, 7) is 5.37. The van der Waals surface area contributed by atoms with Crippen molar-refractivity contribution in [2.75, 3.05) is 5.32 Å². The predicted octanol–water partition coefficient (Wildman–Crippen LogP) is 3.22. The van der Waals surface area contributed by atoms with Crippen molar-refractivity contribution in [3.63, 3.8) is 0 Å².